The molecule has 108 valence electrons. The molecule has 0 aromatic heterocycles. The number of carboxylic acids is 1. The molecular formula is C15H20N2O3. The Morgan fingerprint density at radius 1 is 1.35 bits per heavy atom. The Kier molecular flexibility index (Phi) is 4.27. The summed E-state index contributed by atoms with van der Waals surface area (Å²) in [6, 6.07) is 6.82. The highest BCUT2D eigenvalue weighted by Crippen LogP contribution is 2.31. The van der Waals surface area contributed by atoms with Crippen molar-refractivity contribution in [1.29, 1.82) is 0 Å². The van der Waals surface area contributed by atoms with Gasteiger partial charge in [-0.3, -0.25) is 4.79 Å². The van der Waals surface area contributed by atoms with Gasteiger partial charge in [-0.25, -0.2) is 4.79 Å². The second kappa shape index (κ2) is 5.94. The molecule has 0 aliphatic carbocycles. The standard InChI is InChI=1S/C15H20N2O3/c1-9(2)13(15(19)20)17-14(18)11-7-8-16-12-6-4-3-5-10(11)12/h3-6,9,11,13,16H,7-8H2,1-2H3,(H,17,18)(H,19,20)/t11?,13-/m1/s1. The molecular weight excluding hydrogens is 256 g/mol. The summed E-state index contributed by atoms with van der Waals surface area (Å²) in [6.45, 7) is 4.29. The van der Waals surface area contributed by atoms with E-state index in [0.29, 0.717) is 13.0 Å². The number of aliphatic carboxylic acids is 1. The normalized spacial score (nSPS) is 18.9. The van der Waals surface area contributed by atoms with E-state index in [4.69, 9.17) is 5.11 Å². The van der Waals surface area contributed by atoms with Crippen molar-refractivity contribution in [3.63, 3.8) is 0 Å². The van der Waals surface area contributed by atoms with E-state index in [2.05, 4.69) is 10.6 Å². The first kappa shape index (κ1) is 14.4. The smallest absolute Gasteiger partial charge is 0.326 e. The van der Waals surface area contributed by atoms with E-state index in [1.807, 2.05) is 24.3 Å². The van der Waals surface area contributed by atoms with Gasteiger partial charge in [0, 0.05) is 12.2 Å². The zero-order valence-electron chi connectivity index (χ0n) is 11.7. The fraction of sp³-hybridized carbons (Fsp3) is 0.467. The lowest BCUT2D eigenvalue weighted by Crippen LogP contribution is -2.46. The molecule has 2 atom stereocenters. The highest BCUT2D eigenvalue weighted by molar-refractivity contribution is 5.89. The van der Waals surface area contributed by atoms with E-state index >= 15 is 0 Å². The van der Waals surface area contributed by atoms with Gasteiger partial charge in [-0.1, -0.05) is 32.0 Å². The minimum atomic E-state index is -0.990. The molecule has 0 bridgehead atoms. The number of para-hydroxylation sites is 1. The molecule has 5 nitrogen and oxygen atoms in total. The summed E-state index contributed by atoms with van der Waals surface area (Å²) in [4.78, 5) is 23.6. The van der Waals surface area contributed by atoms with Crippen molar-refractivity contribution in [3.8, 4) is 0 Å². The van der Waals surface area contributed by atoms with Crippen molar-refractivity contribution in [2.75, 3.05) is 11.9 Å². The lowest BCUT2D eigenvalue weighted by Gasteiger charge is -2.27. The highest BCUT2D eigenvalue weighted by atomic mass is 16.4. The monoisotopic (exact) mass is 276 g/mol. The molecule has 3 N–H and O–H groups in total. The number of amides is 1. The Balaban J connectivity index is 2.16. The first-order chi connectivity index (χ1) is 9.50. The van der Waals surface area contributed by atoms with Gasteiger partial charge in [0.15, 0.2) is 0 Å². The number of fused-ring (bicyclic) bond motifs is 1. The molecule has 1 aliphatic heterocycles. The van der Waals surface area contributed by atoms with Gasteiger partial charge < -0.3 is 15.7 Å². The quantitative estimate of drug-likeness (QED) is 0.783. The van der Waals surface area contributed by atoms with E-state index in [1.165, 1.54) is 0 Å². The lowest BCUT2D eigenvalue weighted by atomic mass is 9.89. The summed E-state index contributed by atoms with van der Waals surface area (Å²) in [5.74, 6) is -1.63. The minimum absolute atomic E-state index is 0.145. The molecule has 5 heteroatoms. The number of rotatable bonds is 4. The number of nitrogens with one attached hydrogen (secondary N) is 2. The number of hydrogen-bond acceptors (Lipinski definition) is 3. The topological polar surface area (TPSA) is 78.4 Å². The SMILES string of the molecule is CC(C)[C@@H](NC(=O)C1CCNc2ccccc21)C(=O)O. The van der Waals surface area contributed by atoms with E-state index in [-0.39, 0.29) is 17.7 Å². The molecule has 2 rings (SSSR count). The molecule has 1 heterocycles. The number of carbonyl (C=O) groups is 2. The van der Waals surface area contributed by atoms with E-state index in [9.17, 15) is 9.59 Å². The van der Waals surface area contributed by atoms with Gasteiger partial charge in [-0.05, 0) is 24.0 Å². The molecule has 0 spiro atoms. The minimum Gasteiger partial charge on any atom is -0.480 e. The molecule has 1 amide bonds. The van der Waals surface area contributed by atoms with Crippen LogP contribution in [0.5, 0.6) is 0 Å². The van der Waals surface area contributed by atoms with Crippen molar-refractivity contribution in [1.82, 2.24) is 5.32 Å². The van der Waals surface area contributed by atoms with Crippen LogP contribution in [0.3, 0.4) is 0 Å². The summed E-state index contributed by atoms with van der Waals surface area (Å²) in [5, 5.41) is 15.1. The maximum atomic E-state index is 12.4. The van der Waals surface area contributed by atoms with Gasteiger partial charge in [0.05, 0.1) is 5.92 Å². The molecule has 0 radical (unpaired) electrons. The second-order valence-corrected chi connectivity index (χ2v) is 5.42. The van der Waals surface area contributed by atoms with Gasteiger partial charge in [-0.2, -0.15) is 0 Å². The van der Waals surface area contributed by atoms with Crippen molar-refractivity contribution in [2.24, 2.45) is 5.92 Å². The average Bonchev–Trinajstić information content (AvgIpc) is 2.43. The second-order valence-electron chi connectivity index (χ2n) is 5.42. The summed E-state index contributed by atoms with van der Waals surface area (Å²) >= 11 is 0. The molecule has 1 aromatic carbocycles. The van der Waals surface area contributed by atoms with E-state index in [1.54, 1.807) is 13.8 Å². The predicted octanol–water partition coefficient (Wildman–Crippen LogP) is 1.81. The first-order valence-corrected chi connectivity index (χ1v) is 6.86. The zero-order chi connectivity index (χ0) is 14.7. The third kappa shape index (κ3) is 2.92. The molecule has 1 aliphatic rings. The Hall–Kier alpha value is -2.04. The van der Waals surface area contributed by atoms with Crippen LogP contribution < -0.4 is 10.6 Å². The predicted molar refractivity (Wildman–Crippen MR) is 76.7 cm³/mol. The van der Waals surface area contributed by atoms with Crippen LogP contribution in [-0.4, -0.2) is 29.6 Å². The third-order valence-corrected chi connectivity index (χ3v) is 3.63. The fourth-order valence-corrected chi connectivity index (χ4v) is 2.51. The first-order valence-electron chi connectivity index (χ1n) is 6.86. The van der Waals surface area contributed by atoms with Gasteiger partial charge >= 0.3 is 5.97 Å². The Morgan fingerprint density at radius 3 is 2.70 bits per heavy atom. The number of carbonyl (C=O) groups excluding carboxylic acids is 1. The summed E-state index contributed by atoms with van der Waals surface area (Å²) in [6.07, 6.45) is 0.674. The maximum Gasteiger partial charge on any atom is 0.326 e. The van der Waals surface area contributed by atoms with E-state index in [0.717, 1.165) is 11.3 Å². The van der Waals surface area contributed by atoms with Crippen molar-refractivity contribution in [3.05, 3.63) is 29.8 Å². The fourth-order valence-electron chi connectivity index (χ4n) is 2.51. The van der Waals surface area contributed by atoms with Crippen LogP contribution in [-0.2, 0) is 9.59 Å². The molecule has 0 saturated carbocycles. The molecule has 20 heavy (non-hydrogen) atoms. The molecule has 1 unspecified atom stereocenters. The molecule has 1 aromatic rings. The van der Waals surface area contributed by atoms with Crippen molar-refractivity contribution in [2.45, 2.75) is 32.2 Å². The molecule has 0 saturated heterocycles. The largest absolute Gasteiger partial charge is 0.480 e. The van der Waals surface area contributed by atoms with Crippen LogP contribution in [0.4, 0.5) is 5.69 Å². The summed E-state index contributed by atoms with van der Waals surface area (Å²) in [7, 11) is 0. The van der Waals surface area contributed by atoms with Crippen molar-refractivity contribution >= 4 is 17.6 Å². The number of anilines is 1. The third-order valence-electron chi connectivity index (χ3n) is 3.63. The van der Waals surface area contributed by atoms with Crippen LogP contribution in [0.2, 0.25) is 0 Å². The Labute approximate surface area is 118 Å². The van der Waals surface area contributed by atoms with E-state index < -0.39 is 12.0 Å². The number of hydrogen-bond donors (Lipinski definition) is 3. The highest BCUT2D eigenvalue weighted by Gasteiger charge is 2.30. The lowest BCUT2D eigenvalue weighted by molar-refractivity contribution is -0.143. The molecule has 0 fully saturated rings. The van der Waals surface area contributed by atoms with Crippen LogP contribution in [0.25, 0.3) is 0 Å². The number of carboxylic acid groups (broad SMARTS) is 1. The Morgan fingerprint density at radius 2 is 2.05 bits per heavy atom. The van der Waals surface area contributed by atoms with Gasteiger partial charge in [0.2, 0.25) is 5.91 Å². The van der Waals surface area contributed by atoms with Crippen LogP contribution in [0.1, 0.15) is 31.7 Å². The van der Waals surface area contributed by atoms with Gasteiger partial charge in [-0.15, -0.1) is 0 Å². The van der Waals surface area contributed by atoms with Crippen LogP contribution >= 0.6 is 0 Å². The van der Waals surface area contributed by atoms with Gasteiger partial charge in [0.25, 0.3) is 0 Å². The maximum absolute atomic E-state index is 12.4. The zero-order valence-corrected chi connectivity index (χ0v) is 11.7. The van der Waals surface area contributed by atoms with Crippen molar-refractivity contribution < 1.29 is 14.7 Å². The van der Waals surface area contributed by atoms with Crippen LogP contribution in [0.15, 0.2) is 24.3 Å². The summed E-state index contributed by atoms with van der Waals surface area (Å²) < 4.78 is 0. The Bertz CT molecular complexity index is 514. The van der Waals surface area contributed by atoms with Crippen LogP contribution in [0, 0.1) is 5.92 Å². The average molecular weight is 276 g/mol. The number of benzene rings is 1. The van der Waals surface area contributed by atoms with Gasteiger partial charge in [0.1, 0.15) is 6.04 Å². The summed E-state index contributed by atoms with van der Waals surface area (Å²) in [5.41, 5.74) is 1.89.